The summed E-state index contributed by atoms with van der Waals surface area (Å²) in [6.45, 7) is 6.28. The lowest BCUT2D eigenvalue weighted by Crippen LogP contribution is -2.13. The molecule has 2 aromatic rings. The van der Waals surface area contributed by atoms with E-state index in [9.17, 15) is 14.7 Å². The Morgan fingerprint density at radius 3 is 2.03 bits per heavy atom. The summed E-state index contributed by atoms with van der Waals surface area (Å²) in [5.74, 6) is 1.17. The minimum atomic E-state index is -0.156. The van der Waals surface area contributed by atoms with Gasteiger partial charge in [-0.15, -0.1) is 0 Å². The van der Waals surface area contributed by atoms with Crippen LogP contribution in [0.3, 0.4) is 0 Å². The highest BCUT2D eigenvalue weighted by Gasteiger charge is 2.18. The van der Waals surface area contributed by atoms with Crippen molar-refractivity contribution in [1.29, 1.82) is 0 Å². The normalized spacial score (nSPS) is 10.8. The van der Waals surface area contributed by atoms with Crippen molar-refractivity contribution in [2.75, 3.05) is 13.2 Å². The molecule has 5 nitrogen and oxygen atoms in total. The smallest absolute Gasteiger partial charge is 0.166 e. The Kier molecular flexibility index (Phi) is 8.71. The van der Waals surface area contributed by atoms with E-state index < -0.39 is 0 Å². The lowest BCUT2D eigenvalue weighted by Gasteiger charge is -2.12. The summed E-state index contributed by atoms with van der Waals surface area (Å²) in [6.07, 6.45) is 3.85. The Bertz CT molecular complexity index is 826. The van der Waals surface area contributed by atoms with Crippen molar-refractivity contribution in [1.82, 2.24) is 0 Å². The number of ether oxygens (including phenoxy) is 2. The van der Waals surface area contributed by atoms with Gasteiger partial charge in [-0.05, 0) is 62.9 Å². The number of phenols is 1. The number of carbonyl (C=O) groups excluding carboxylic acids is 2. The van der Waals surface area contributed by atoms with Gasteiger partial charge in [0.25, 0.3) is 0 Å². The average Bonchev–Trinajstić information content (AvgIpc) is 2.69. The molecular weight excluding hydrogens is 368 g/mol. The van der Waals surface area contributed by atoms with E-state index in [2.05, 4.69) is 0 Å². The van der Waals surface area contributed by atoms with Crippen LogP contribution < -0.4 is 9.47 Å². The number of benzene rings is 2. The highest BCUT2D eigenvalue weighted by molar-refractivity contribution is 6.08. The molecule has 0 fully saturated rings. The van der Waals surface area contributed by atoms with Crippen molar-refractivity contribution < 1.29 is 24.2 Å². The van der Waals surface area contributed by atoms with Gasteiger partial charge in [0, 0.05) is 23.1 Å². The zero-order chi connectivity index (χ0) is 21.2. The van der Waals surface area contributed by atoms with Crippen molar-refractivity contribution in [3.05, 3.63) is 53.6 Å². The van der Waals surface area contributed by atoms with Crippen molar-refractivity contribution in [2.24, 2.45) is 5.92 Å². The highest BCUT2D eigenvalue weighted by atomic mass is 16.5. The molecule has 0 spiro atoms. The van der Waals surface area contributed by atoms with E-state index >= 15 is 0 Å². The van der Waals surface area contributed by atoms with E-state index in [0.717, 1.165) is 25.7 Å². The third kappa shape index (κ3) is 7.26. The number of ketones is 2. The Hall–Kier alpha value is -2.82. The quantitative estimate of drug-likeness (QED) is 0.380. The minimum Gasteiger partial charge on any atom is -0.508 e. The molecule has 0 saturated carbocycles. The Balaban J connectivity index is 1.70. The van der Waals surface area contributed by atoms with E-state index in [4.69, 9.17) is 9.47 Å². The fourth-order valence-electron chi connectivity index (χ4n) is 2.94. The molecule has 0 atom stereocenters. The Labute approximate surface area is 172 Å². The summed E-state index contributed by atoms with van der Waals surface area (Å²) < 4.78 is 11.4. The van der Waals surface area contributed by atoms with Crippen molar-refractivity contribution in [3.63, 3.8) is 0 Å². The molecule has 0 radical (unpaired) electrons. The summed E-state index contributed by atoms with van der Waals surface area (Å²) in [4.78, 5) is 24.2. The van der Waals surface area contributed by atoms with Gasteiger partial charge in [0.15, 0.2) is 11.6 Å². The maximum Gasteiger partial charge on any atom is 0.166 e. The maximum absolute atomic E-state index is 12.3. The molecule has 0 aliphatic rings. The molecule has 2 aromatic carbocycles. The molecule has 0 saturated heterocycles. The summed E-state index contributed by atoms with van der Waals surface area (Å²) >= 11 is 0. The minimum absolute atomic E-state index is 0.0327. The fraction of sp³-hybridized carbons (Fsp3) is 0.417. The Morgan fingerprint density at radius 2 is 1.48 bits per heavy atom. The molecule has 5 heteroatoms. The molecule has 1 N–H and O–H groups in total. The number of hydrogen-bond donors (Lipinski definition) is 1. The largest absolute Gasteiger partial charge is 0.508 e. The fourth-order valence-corrected chi connectivity index (χ4v) is 2.94. The van der Waals surface area contributed by atoms with Gasteiger partial charge in [-0.2, -0.15) is 0 Å². The van der Waals surface area contributed by atoms with Crippen LogP contribution in [0.1, 0.15) is 67.2 Å². The highest BCUT2D eigenvalue weighted by Crippen LogP contribution is 2.22. The molecule has 0 amide bonds. The summed E-state index contributed by atoms with van der Waals surface area (Å²) in [5.41, 5.74) is 0.886. The molecule has 2 rings (SSSR count). The first-order valence-corrected chi connectivity index (χ1v) is 10.1. The van der Waals surface area contributed by atoms with Crippen molar-refractivity contribution >= 4 is 11.6 Å². The van der Waals surface area contributed by atoms with Gasteiger partial charge in [-0.25, -0.2) is 0 Å². The molecule has 0 aromatic heterocycles. The molecule has 29 heavy (non-hydrogen) atoms. The standard InChI is InChI=1S/C24H30O5/c1-17(2)24(27)22-12-11-21(16-23(22)18(3)25)29-14-7-5-4-6-13-28-20-10-8-9-19(26)15-20/h8-12,15-17,26H,4-7,13-14H2,1-3H3. The van der Waals surface area contributed by atoms with Crippen LogP contribution in [-0.2, 0) is 0 Å². The van der Waals surface area contributed by atoms with Crippen LogP contribution in [-0.4, -0.2) is 29.9 Å². The zero-order valence-corrected chi connectivity index (χ0v) is 17.4. The van der Waals surface area contributed by atoms with Crippen LogP contribution >= 0.6 is 0 Å². The first-order valence-electron chi connectivity index (χ1n) is 10.1. The van der Waals surface area contributed by atoms with Crippen molar-refractivity contribution in [3.8, 4) is 17.2 Å². The number of phenolic OH excluding ortho intramolecular Hbond substituents is 1. The SMILES string of the molecule is CC(=O)c1cc(OCCCCCCOc2cccc(O)c2)ccc1C(=O)C(C)C. The maximum atomic E-state index is 12.3. The molecule has 0 heterocycles. The Morgan fingerprint density at radius 1 is 0.862 bits per heavy atom. The van der Waals surface area contributed by atoms with E-state index in [0.29, 0.717) is 35.8 Å². The lowest BCUT2D eigenvalue weighted by atomic mass is 9.94. The van der Waals surface area contributed by atoms with E-state index in [-0.39, 0.29) is 23.2 Å². The number of rotatable bonds is 12. The zero-order valence-electron chi connectivity index (χ0n) is 17.4. The van der Waals surface area contributed by atoms with Gasteiger partial charge in [-0.1, -0.05) is 19.9 Å². The first-order chi connectivity index (χ1) is 13.9. The van der Waals surface area contributed by atoms with Crippen LogP contribution in [0.25, 0.3) is 0 Å². The second-order valence-electron chi connectivity index (χ2n) is 7.39. The summed E-state index contributed by atoms with van der Waals surface area (Å²) in [5, 5.41) is 9.39. The van der Waals surface area contributed by atoms with Crippen molar-refractivity contribution in [2.45, 2.75) is 46.5 Å². The van der Waals surface area contributed by atoms with E-state index in [1.165, 1.54) is 6.92 Å². The molecule has 0 bridgehead atoms. The molecule has 0 unspecified atom stereocenters. The van der Waals surface area contributed by atoms with Crippen LogP contribution in [0.5, 0.6) is 17.2 Å². The number of carbonyl (C=O) groups is 2. The van der Waals surface area contributed by atoms with Gasteiger partial charge in [0.05, 0.1) is 13.2 Å². The van der Waals surface area contributed by atoms with Gasteiger partial charge in [-0.3, -0.25) is 9.59 Å². The first kappa shape index (κ1) is 22.5. The van der Waals surface area contributed by atoms with E-state index in [1.54, 1.807) is 36.4 Å². The van der Waals surface area contributed by atoms with Gasteiger partial charge in [0.2, 0.25) is 0 Å². The van der Waals surface area contributed by atoms with Crippen LogP contribution in [0, 0.1) is 5.92 Å². The predicted octanol–water partition coefficient (Wildman–Crippen LogP) is 5.45. The third-order valence-electron chi connectivity index (χ3n) is 4.55. The second kappa shape index (κ2) is 11.2. The third-order valence-corrected chi connectivity index (χ3v) is 4.55. The topological polar surface area (TPSA) is 72.8 Å². The van der Waals surface area contributed by atoms with Gasteiger partial charge >= 0.3 is 0 Å². The van der Waals surface area contributed by atoms with Crippen LogP contribution in [0.2, 0.25) is 0 Å². The number of hydrogen-bond acceptors (Lipinski definition) is 5. The van der Waals surface area contributed by atoms with Gasteiger partial charge in [0.1, 0.15) is 17.2 Å². The summed E-state index contributed by atoms with van der Waals surface area (Å²) in [6, 6.07) is 11.9. The van der Waals surface area contributed by atoms with E-state index in [1.807, 2.05) is 19.9 Å². The average molecular weight is 398 g/mol. The predicted molar refractivity (Wildman–Crippen MR) is 113 cm³/mol. The molecule has 0 aliphatic carbocycles. The molecule has 0 aliphatic heterocycles. The summed E-state index contributed by atoms with van der Waals surface area (Å²) in [7, 11) is 0. The molecule has 156 valence electrons. The monoisotopic (exact) mass is 398 g/mol. The number of Topliss-reactive ketones (excluding diaryl/α,β-unsaturated/α-hetero) is 2. The van der Waals surface area contributed by atoms with Crippen LogP contribution in [0.15, 0.2) is 42.5 Å². The second-order valence-corrected chi connectivity index (χ2v) is 7.39. The van der Waals surface area contributed by atoms with Gasteiger partial charge < -0.3 is 14.6 Å². The van der Waals surface area contributed by atoms with Crippen LogP contribution in [0.4, 0.5) is 0 Å². The number of aromatic hydroxyl groups is 1. The molecular formula is C24H30O5. The number of unbranched alkanes of at least 4 members (excludes halogenated alkanes) is 3. The lowest BCUT2D eigenvalue weighted by molar-refractivity contribution is 0.0926.